The lowest BCUT2D eigenvalue weighted by molar-refractivity contribution is 0.893. The number of hydrogen-bond acceptors (Lipinski definition) is 4. The molecule has 0 fully saturated rings. The largest absolute Gasteiger partial charge is 0.278 e. The van der Waals surface area contributed by atoms with E-state index in [9.17, 15) is 5.26 Å². The lowest BCUT2D eigenvalue weighted by Gasteiger charge is -2.34. The average molecular weight is 771 g/mol. The monoisotopic (exact) mass is 770 g/mol. The van der Waals surface area contributed by atoms with Crippen molar-refractivity contribution in [2.45, 2.75) is 0 Å². The van der Waals surface area contributed by atoms with E-state index in [-0.39, 0.29) is 0 Å². The fraction of sp³-hybridized carbons (Fsp3) is 0. The quantitative estimate of drug-likeness (QED) is 0.120. The summed E-state index contributed by atoms with van der Waals surface area (Å²) >= 11 is 0. The zero-order valence-electron chi connectivity index (χ0n) is 31.8. The van der Waals surface area contributed by atoms with Crippen LogP contribution in [0.25, 0.3) is 66.9 Å². The molecule has 8 aromatic carbocycles. The number of rotatable bonds is 7. The molecule has 0 bridgehead atoms. The number of benzene rings is 8. The smallest absolute Gasteiger partial charge is 0.240 e. The van der Waals surface area contributed by atoms with Gasteiger partial charge in [-0.3, -0.25) is 9.13 Å². The Morgan fingerprint density at radius 2 is 0.797 bits per heavy atom. The maximum atomic E-state index is 9.88. The zero-order chi connectivity index (χ0) is 39.3. The second kappa shape index (κ2) is 13.9. The molecule has 0 radical (unpaired) electrons. The van der Waals surface area contributed by atoms with Gasteiger partial charge in [0.25, 0.3) is 0 Å². The van der Waals surface area contributed by atoms with Crippen LogP contribution in [0.5, 0.6) is 0 Å². The summed E-state index contributed by atoms with van der Waals surface area (Å²) in [6.07, 6.45) is 0. The third-order valence-corrected chi connectivity index (χ3v) is 16.3. The Morgan fingerprint density at radius 1 is 0.373 bits per heavy atom. The molecule has 3 aromatic heterocycles. The fourth-order valence-corrected chi connectivity index (χ4v) is 13.8. The Kier molecular flexibility index (Phi) is 8.10. The normalized spacial score (nSPS) is 11.7. The van der Waals surface area contributed by atoms with Crippen molar-refractivity contribution in [3.63, 3.8) is 0 Å². The number of nitriles is 1. The molecule has 0 aliphatic carbocycles. The first-order valence-corrected chi connectivity index (χ1v) is 21.7. The summed E-state index contributed by atoms with van der Waals surface area (Å²) in [6, 6.07) is 74.9. The second-order valence-corrected chi connectivity index (χ2v) is 18.6. The van der Waals surface area contributed by atoms with Gasteiger partial charge in [0, 0.05) is 27.1 Å². The van der Waals surface area contributed by atoms with E-state index in [1.54, 1.807) is 0 Å². The summed E-state index contributed by atoms with van der Waals surface area (Å²) in [5.74, 6) is 1.57. The molecule has 59 heavy (non-hydrogen) atoms. The summed E-state index contributed by atoms with van der Waals surface area (Å²) in [5.41, 5.74) is 5.36. The molecule has 276 valence electrons. The fourth-order valence-electron chi connectivity index (χ4n) is 9.03. The van der Waals surface area contributed by atoms with Gasteiger partial charge in [0.05, 0.1) is 33.7 Å². The standard InChI is InChI=1S/C52H34N6Si/c53-35-36-31-32-49-45(33-36)44-27-12-15-30-48(44)58(49)52-55-50(54-51(56-52)57-46-28-13-10-25-42(46)43-26-11-14-29-47(43)57)37-17-16-24-41(34-37)59(38-18-4-1-5-19-38,39-20-6-2-7-21-39)40-22-8-3-9-23-40/h1-34H. The third kappa shape index (κ3) is 5.42. The SMILES string of the molecule is N#Cc1ccc2c(c1)c1ccccc1n2-c1nc(-c2cccc([Si](c3ccccc3)(c3ccccc3)c3ccccc3)c2)nc(-n2c3ccccc3c3ccccc32)n1. The first kappa shape index (κ1) is 34.3. The topological polar surface area (TPSA) is 72.3 Å². The van der Waals surface area contributed by atoms with E-state index in [2.05, 4.69) is 191 Å². The van der Waals surface area contributed by atoms with E-state index in [1.807, 2.05) is 30.3 Å². The van der Waals surface area contributed by atoms with Gasteiger partial charge in [-0.05, 0) is 57.1 Å². The summed E-state index contributed by atoms with van der Waals surface area (Å²) < 4.78 is 4.26. The predicted octanol–water partition coefficient (Wildman–Crippen LogP) is 8.98. The van der Waals surface area contributed by atoms with Crippen molar-refractivity contribution in [3.05, 3.63) is 212 Å². The first-order chi connectivity index (χ1) is 29.2. The van der Waals surface area contributed by atoms with Gasteiger partial charge in [-0.2, -0.15) is 20.2 Å². The van der Waals surface area contributed by atoms with Gasteiger partial charge in [0.2, 0.25) is 11.9 Å². The van der Waals surface area contributed by atoms with Crippen LogP contribution in [-0.4, -0.2) is 32.2 Å². The number of fused-ring (bicyclic) bond motifs is 6. The summed E-state index contributed by atoms with van der Waals surface area (Å²) in [7, 11) is -2.86. The Bertz CT molecular complexity index is 3250. The Morgan fingerprint density at radius 3 is 1.29 bits per heavy atom. The number of aromatic nitrogens is 5. The molecule has 0 saturated heterocycles. The van der Waals surface area contributed by atoms with E-state index in [0.717, 1.165) is 49.2 Å². The van der Waals surface area contributed by atoms with Gasteiger partial charge < -0.3 is 0 Å². The lowest BCUT2D eigenvalue weighted by atomic mass is 10.1. The Hall–Kier alpha value is -7.92. The minimum absolute atomic E-state index is 0.492. The molecule has 0 aliphatic rings. The van der Waals surface area contributed by atoms with Gasteiger partial charge in [-0.25, -0.2) is 0 Å². The van der Waals surface area contributed by atoms with E-state index in [1.165, 1.54) is 20.7 Å². The molecule has 11 aromatic rings. The molecule has 0 saturated carbocycles. The molecule has 7 heteroatoms. The molecular formula is C52H34N6Si. The molecule has 0 atom stereocenters. The molecule has 6 nitrogen and oxygen atoms in total. The first-order valence-electron chi connectivity index (χ1n) is 19.7. The van der Waals surface area contributed by atoms with Crippen molar-refractivity contribution in [1.82, 2.24) is 24.1 Å². The van der Waals surface area contributed by atoms with Gasteiger partial charge in [0.15, 0.2) is 13.9 Å². The number of nitrogens with zero attached hydrogens (tertiary/aromatic N) is 6. The number of hydrogen-bond donors (Lipinski definition) is 0. The molecule has 0 unspecified atom stereocenters. The van der Waals surface area contributed by atoms with Gasteiger partial charge in [0.1, 0.15) is 0 Å². The van der Waals surface area contributed by atoms with Crippen molar-refractivity contribution < 1.29 is 0 Å². The van der Waals surface area contributed by atoms with E-state index in [4.69, 9.17) is 15.0 Å². The van der Waals surface area contributed by atoms with Crippen LogP contribution in [0.1, 0.15) is 5.56 Å². The van der Waals surface area contributed by atoms with Gasteiger partial charge in [-0.15, -0.1) is 0 Å². The van der Waals surface area contributed by atoms with Crippen LogP contribution in [0.4, 0.5) is 0 Å². The third-order valence-electron chi connectivity index (χ3n) is 11.6. The van der Waals surface area contributed by atoms with Gasteiger partial charge in [-0.1, -0.05) is 170 Å². The van der Waals surface area contributed by atoms with Crippen LogP contribution in [-0.2, 0) is 0 Å². The summed E-state index contributed by atoms with van der Waals surface area (Å²) in [6.45, 7) is 0. The zero-order valence-corrected chi connectivity index (χ0v) is 32.8. The molecule has 11 rings (SSSR count). The molecule has 0 spiro atoms. The lowest BCUT2D eigenvalue weighted by Crippen LogP contribution is -2.74. The maximum absolute atomic E-state index is 9.88. The minimum atomic E-state index is -2.86. The Balaban J connectivity index is 1.23. The van der Waals surface area contributed by atoms with Crippen LogP contribution in [0, 0.1) is 11.3 Å². The Labute approximate surface area is 341 Å². The molecule has 0 aliphatic heterocycles. The van der Waals surface area contributed by atoms with Gasteiger partial charge >= 0.3 is 0 Å². The van der Waals surface area contributed by atoms with Crippen molar-refractivity contribution in [2.24, 2.45) is 0 Å². The molecular weight excluding hydrogens is 737 g/mol. The molecule has 0 amide bonds. The highest BCUT2D eigenvalue weighted by Crippen LogP contribution is 2.34. The highest BCUT2D eigenvalue weighted by molar-refractivity contribution is 7.19. The van der Waals surface area contributed by atoms with Crippen LogP contribution in [0.15, 0.2) is 206 Å². The van der Waals surface area contributed by atoms with E-state index in [0.29, 0.717) is 23.3 Å². The predicted molar refractivity (Wildman–Crippen MR) is 242 cm³/mol. The van der Waals surface area contributed by atoms with Crippen LogP contribution in [0.2, 0.25) is 0 Å². The van der Waals surface area contributed by atoms with Crippen molar-refractivity contribution >= 4 is 72.4 Å². The summed E-state index contributed by atoms with van der Waals surface area (Å²) in [5, 5.41) is 19.2. The van der Waals surface area contributed by atoms with Crippen LogP contribution >= 0.6 is 0 Å². The van der Waals surface area contributed by atoms with Crippen molar-refractivity contribution in [3.8, 4) is 29.4 Å². The number of para-hydroxylation sites is 3. The van der Waals surface area contributed by atoms with E-state index >= 15 is 0 Å². The average Bonchev–Trinajstić information content (AvgIpc) is 3.83. The van der Waals surface area contributed by atoms with Crippen LogP contribution < -0.4 is 20.7 Å². The van der Waals surface area contributed by atoms with Crippen LogP contribution in [0.3, 0.4) is 0 Å². The molecule has 3 heterocycles. The van der Waals surface area contributed by atoms with Crippen molar-refractivity contribution in [2.75, 3.05) is 0 Å². The maximum Gasteiger partial charge on any atom is 0.240 e. The highest BCUT2D eigenvalue weighted by atomic mass is 28.3. The molecule has 0 N–H and O–H groups in total. The summed E-state index contributed by atoms with van der Waals surface area (Å²) in [4.78, 5) is 16.1. The van der Waals surface area contributed by atoms with E-state index < -0.39 is 8.07 Å². The minimum Gasteiger partial charge on any atom is -0.278 e. The second-order valence-electron chi connectivity index (χ2n) is 14.8. The highest BCUT2D eigenvalue weighted by Gasteiger charge is 2.41. The van der Waals surface area contributed by atoms with Crippen molar-refractivity contribution in [1.29, 1.82) is 5.26 Å².